The Morgan fingerprint density at radius 2 is 2.14 bits per heavy atom. The number of tetrazole rings is 1. The van der Waals surface area contributed by atoms with E-state index in [4.69, 9.17) is 0 Å². The van der Waals surface area contributed by atoms with Gasteiger partial charge in [-0.1, -0.05) is 42.1 Å². The van der Waals surface area contributed by atoms with Crippen LogP contribution in [0.4, 0.5) is 0 Å². The Bertz CT molecular complexity index is 623. The number of thioether (sulfide) groups is 1. The number of hydrogen-bond donors (Lipinski definition) is 1. The lowest BCUT2D eigenvalue weighted by Crippen LogP contribution is -2.33. The topological polar surface area (TPSA) is 72.7 Å². The third-order valence-corrected chi connectivity index (χ3v) is 4.79. The second-order valence-electron chi connectivity index (χ2n) is 5.30. The molecule has 6 nitrogen and oxygen atoms in total. The summed E-state index contributed by atoms with van der Waals surface area (Å²) in [4.78, 5) is 11.9. The van der Waals surface area contributed by atoms with Gasteiger partial charge in [-0.2, -0.15) is 0 Å². The number of aromatic nitrogens is 4. The highest BCUT2D eigenvalue weighted by atomic mass is 32.2. The molecular formula is C14H17N5OS. The van der Waals surface area contributed by atoms with Gasteiger partial charge in [-0.05, 0) is 28.8 Å². The van der Waals surface area contributed by atoms with Crippen molar-refractivity contribution in [3.63, 3.8) is 0 Å². The smallest absolute Gasteiger partial charge is 0.230 e. The molecule has 1 aliphatic carbocycles. The van der Waals surface area contributed by atoms with Gasteiger partial charge in [0.15, 0.2) is 0 Å². The third-order valence-electron chi connectivity index (χ3n) is 3.78. The first-order valence-electron chi connectivity index (χ1n) is 6.87. The average molecular weight is 303 g/mol. The van der Waals surface area contributed by atoms with Crippen molar-refractivity contribution < 1.29 is 4.79 Å². The molecule has 1 aromatic heterocycles. The SMILES string of the molecule is Cn1nnnc1SCC(=O)NCC1(c2ccccc2)CC1. The zero-order valence-electron chi connectivity index (χ0n) is 11.8. The minimum absolute atomic E-state index is 0.0187. The standard InChI is InChI=1S/C14H17N5OS/c1-19-13(16-17-18-19)21-9-12(20)15-10-14(7-8-14)11-5-3-2-4-6-11/h2-6H,7-10H2,1H3,(H,15,20). The summed E-state index contributed by atoms with van der Waals surface area (Å²) in [5.74, 6) is 0.351. The lowest BCUT2D eigenvalue weighted by molar-refractivity contribution is -0.118. The first-order valence-corrected chi connectivity index (χ1v) is 7.86. The number of rotatable bonds is 6. The molecule has 0 unspecified atom stereocenters. The van der Waals surface area contributed by atoms with Crippen LogP contribution in [0.2, 0.25) is 0 Å². The predicted octanol–water partition coefficient (Wildman–Crippen LogP) is 1.15. The molecule has 1 heterocycles. The van der Waals surface area contributed by atoms with Gasteiger partial charge in [-0.15, -0.1) is 5.10 Å². The van der Waals surface area contributed by atoms with E-state index in [2.05, 4.69) is 33.0 Å². The number of hydrogen-bond acceptors (Lipinski definition) is 5. The van der Waals surface area contributed by atoms with Crippen molar-refractivity contribution in [3.8, 4) is 0 Å². The fourth-order valence-corrected chi connectivity index (χ4v) is 2.98. The highest BCUT2D eigenvalue weighted by Crippen LogP contribution is 2.47. The van der Waals surface area contributed by atoms with Gasteiger partial charge in [0.1, 0.15) is 0 Å². The number of benzene rings is 1. The molecule has 110 valence electrons. The van der Waals surface area contributed by atoms with Crippen molar-refractivity contribution in [2.75, 3.05) is 12.3 Å². The molecule has 3 rings (SSSR count). The van der Waals surface area contributed by atoms with Gasteiger partial charge >= 0.3 is 0 Å². The van der Waals surface area contributed by atoms with Gasteiger partial charge < -0.3 is 5.32 Å². The summed E-state index contributed by atoms with van der Waals surface area (Å²) >= 11 is 1.34. The second kappa shape index (κ2) is 5.85. The molecule has 21 heavy (non-hydrogen) atoms. The van der Waals surface area contributed by atoms with E-state index in [1.54, 1.807) is 11.7 Å². The van der Waals surface area contributed by atoms with Crippen LogP contribution in [-0.4, -0.2) is 38.4 Å². The zero-order chi connectivity index (χ0) is 14.7. The molecule has 0 spiro atoms. The Morgan fingerprint density at radius 3 is 2.76 bits per heavy atom. The van der Waals surface area contributed by atoms with Crippen molar-refractivity contribution in [2.45, 2.75) is 23.4 Å². The fourth-order valence-electron chi connectivity index (χ4n) is 2.30. The van der Waals surface area contributed by atoms with E-state index in [0.717, 1.165) is 12.8 Å². The molecule has 7 heteroatoms. The number of amides is 1. The highest BCUT2D eigenvalue weighted by molar-refractivity contribution is 7.99. The molecule has 0 bridgehead atoms. The summed E-state index contributed by atoms with van der Waals surface area (Å²) in [5.41, 5.74) is 1.46. The predicted molar refractivity (Wildman–Crippen MR) is 79.9 cm³/mol. The van der Waals surface area contributed by atoms with Crippen LogP contribution < -0.4 is 5.32 Å². The molecular weight excluding hydrogens is 286 g/mol. The third kappa shape index (κ3) is 3.24. The molecule has 2 aromatic rings. The highest BCUT2D eigenvalue weighted by Gasteiger charge is 2.44. The molecule has 1 aliphatic rings. The molecule has 1 N–H and O–H groups in total. The van der Waals surface area contributed by atoms with Crippen LogP contribution >= 0.6 is 11.8 Å². The first kappa shape index (κ1) is 14.1. The van der Waals surface area contributed by atoms with Crippen molar-refractivity contribution in [1.82, 2.24) is 25.5 Å². The van der Waals surface area contributed by atoms with Gasteiger partial charge in [-0.25, -0.2) is 4.68 Å². The molecule has 1 aromatic carbocycles. The summed E-state index contributed by atoms with van der Waals surface area (Å²) in [5, 5.41) is 14.8. The number of carbonyl (C=O) groups is 1. The maximum atomic E-state index is 11.9. The van der Waals surface area contributed by atoms with Crippen molar-refractivity contribution >= 4 is 17.7 Å². The Morgan fingerprint density at radius 1 is 1.38 bits per heavy atom. The molecule has 1 saturated carbocycles. The van der Waals surface area contributed by atoms with E-state index in [1.165, 1.54) is 17.3 Å². The zero-order valence-corrected chi connectivity index (χ0v) is 12.6. The van der Waals surface area contributed by atoms with Crippen LogP contribution in [0.1, 0.15) is 18.4 Å². The molecule has 0 aliphatic heterocycles. The lowest BCUT2D eigenvalue weighted by atomic mass is 9.96. The first-order chi connectivity index (χ1) is 10.2. The van der Waals surface area contributed by atoms with E-state index in [1.807, 2.05) is 18.2 Å². The van der Waals surface area contributed by atoms with Crippen LogP contribution in [0.15, 0.2) is 35.5 Å². The second-order valence-corrected chi connectivity index (χ2v) is 6.24. The van der Waals surface area contributed by atoms with E-state index in [-0.39, 0.29) is 11.3 Å². The maximum Gasteiger partial charge on any atom is 0.230 e. The monoisotopic (exact) mass is 303 g/mol. The van der Waals surface area contributed by atoms with E-state index in [0.29, 0.717) is 17.5 Å². The Labute approximate surface area is 127 Å². The summed E-state index contributed by atoms with van der Waals surface area (Å²) in [6, 6.07) is 10.4. The number of carbonyl (C=O) groups excluding carboxylic acids is 1. The Balaban J connectivity index is 1.49. The largest absolute Gasteiger partial charge is 0.354 e. The number of aryl methyl sites for hydroxylation is 1. The van der Waals surface area contributed by atoms with Gasteiger partial charge in [0.25, 0.3) is 0 Å². The van der Waals surface area contributed by atoms with Crippen molar-refractivity contribution in [1.29, 1.82) is 0 Å². The minimum atomic E-state index is 0.0187. The molecule has 0 atom stereocenters. The normalized spacial score (nSPS) is 15.7. The quantitative estimate of drug-likeness (QED) is 0.811. The van der Waals surface area contributed by atoms with Crippen LogP contribution in [0, 0.1) is 0 Å². The van der Waals surface area contributed by atoms with Gasteiger partial charge in [0, 0.05) is 19.0 Å². The maximum absolute atomic E-state index is 11.9. The van der Waals surface area contributed by atoms with Crippen LogP contribution in [0.3, 0.4) is 0 Å². The minimum Gasteiger partial charge on any atom is -0.354 e. The Hall–Kier alpha value is -1.89. The van der Waals surface area contributed by atoms with E-state index >= 15 is 0 Å². The van der Waals surface area contributed by atoms with Crippen molar-refractivity contribution in [2.24, 2.45) is 7.05 Å². The van der Waals surface area contributed by atoms with E-state index < -0.39 is 0 Å². The summed E-state index contributed by atoms with van der Waals surface area (Å²) in [7, 11) is 1.76. The Kier molecular flexibility index (Phi) is 3.92. The summed E-state index contributed by atoms with van der Waals surface area (Å²) in [6.07, 6.45) is 2.27. The molecule has 0 saturated heterocycles. The molecule has 1 amide bonds. The van der Waals surface area contributed by atoms with Crippen molar-refractivity contribution in [3.05, 3.63) is 35.9 Å². The van der Waals surface area contributed by atoms with Crippen LogP contribution in [0.25, 0.3) is 0 Å². The van der Waals surface area contributed by atoms with Crippen LogP contribution in [-0.2, 0) is 17.3 Å². The average Bonchev–Trinajstić information content (AvgIpc) is 3.20. The number of nitrogens with zero attached hydrogens (tertiary/aromatic N) is 4. The lowest BCUT2D eigenvalue weighted by Gasteiger charge is -2.16. The van der Waals surface area contributed by atoms with Crippen LogP contribution in [0.5, 0.6) is 0 Å². The number of nitrogens with one attached hydrogen (secondary N) is 1. The van der Waals surface area contributed by atoms with E-state index in [9.17, 15) is 4.79 Å². The fraction of sp³-hybridized carbons (Fsp3) is 0.429. The van der Waals surface area contributed by atoms with Gasteiger partial charge in [0.05, 0.1) is 5.75 Å². The van der Waals surface area contributed by atoms with Gasteiger partial charge in [-0.3, -0.25) is 4.79 Å². The molecule has 1 fully saturated rings. The molecule has 0 radical (unpaired) electrons. The van der Waals surface area contributed by atoms with Gasteiger partial charge in [0.2, 0.25) is 11.1 Å². The summed E-state index contributed by atoms with van der Waals surface area (Å²) in [6.45, 7) is 0.702. The summed E-state index contributed by atoms with van der Waals surface area (Å²) < 4.78 is 1.56.